The van der Waals surface area contributed by atoms with E-state index in [-0.39, 0.29) is 18.7 Å². The molecule has 0 bridgehead atoms. The van der Waals surface area contributed by atoms with Gasteiger partial charge < -0.3 is 29.9 Å². The van der Waals surface area contributed by atoms with E-state index in [4.69, 9.17) is 4.74 Å². The Bertz CT molecular complexity index is 1200. The minimum Gasteiger partial charge on any atom is -0.436 e. The maximum atomic E-state index is 14.2. The van der Waals surface area contributed by atoms with Crippen LogP contribution in [-0.4, -0.2) is 98.7 Å². The van der Waals surface area contributed by atoms with Crippen LogP contribution in [0.2, 0.25) is 0 Å². The Morgan fingerprint density at radius 1 is 1.09 bits per heavy atom. The van der Waals surface area contributed by atoms with Gasteiger partial charge in [0.2, 0.25) is 5.91 Å². The highest BCUT2D eigenvalue weighted by Crippen LogP contribution is 2.29. The Morgan fingerprint density at radius 3 is 2.46 bits per heavy atom. The van der Waals surface area contributed by atoms with Crippen LogP contribution in [0.1, 0.15) is 76.5 Å². The summed E-state index contributed by atoms with van der Waals surface area (Å²) in [6.45, 7) is 5.40. The molecule has 0 spiro atoms. The SMILES string of the molecule is CC(C)CC[C@H](O)[C@H](CC1CCCCC1)NC(=O)[C@H](Cc1cnc[nH]1)N(C)C(=O)[C@H](Cc1ccccc1)OC(=O)N1CCSCC1. The van der Waals surface area contributed by atoms with Crippen molar-refractivity contribution in [2.75, 3.05) is 31.6 Å². The van der Waals surface area contributed by atoms with Crippen LogP contribution in [0.4, 0.5) is 4.79 Å². The van der Waals surface area contributed by atoms with E-state index in [9.17, 15) is 19.5 Å². The highest BCUT2D eigenvalue weighted by atomic mass is 32.2. The standard InChI is InChI=1S/C35H53N5O5S/c1-25(2)14-15-31(41)29(20-26-10-6-4-7-11-26)38-33(42)30(22-28-23-36-24-37-28)39(3)34(43)32(21-27-12-8-5-9-13-27)45-35(44)40-16-18-46-19-17-40/h5,8-9,12-13,23-26,29-32,41H,4,6-7,10-11,14-22H2,1-3H3,(H,36,37)(H,38,42)/t29-,30-,31-,32-/m0/s1. The van der Waals surface area contributed by atoms with Crippen molar-refractivity contribution in [2.45, 2.75) is 102 Å². The maximum Gasteiger partial charge on any atom is 0.410 e. The smallest absolute Gasteiger partial charge is 0.410 e. The van der Waals surface area contributed by atoms with Gasteiger partial charge in [0.15, 0.2) is 6.10 Å². The minimum absolute atomic E-state index is 0.189. The zero-order chi connectivity index (χ0) is 32.9. The first kappa shape index (κ1) is 35.8. The van der Waals surface area contributed by atoms with Gasteiger partial charge in [0, 0.05) is 56.4 Å². The molecule has 1 aliphatic carbocycles. The van der Waals surface area contributed by atoms with Gasteiger partial charge in [-0.25, -0.2) is 9.78 Å². The Hall–Kier alpha value is -3.05. The number of benzene rings is 1. The van der Waals surface area contributed by atoms with E-state index in [0.717, 1.165) is 36.3 Å². The first-order valence-electron chi connectivity index (χ1n) is 17.0. The van der Waals surface area contributed by atoms with Crippen molar-refractivity contribution in [1.29, 1.82) is 0 Å². The number of nitrogens with one attached hydrogen (secondary N) is 2. The molecule has 1 aromatic carbocycles. The number of aliphatic hydroxyl groups excluding tert-OH is 1. The number of hydrogen-bond acceptors (Lipinski definition) is 7. The van der Waals surface area contributed by atoms with Crippen LogP contribution in [0.3, 0.4) is 0 Å². The number of carbonyl (C=O) groups is 3. The fourth-order valence-electron chi connectivity index (χ4n) is 6.42. The van der Waals surface area contributed by atoms with Crippen LogP contribution in [0.15, 0.2) is 42.9 Å². The van der Waals surface area contributed by atoms with E-state index in [1.165, 1.54) is 24.2 Å². The molecule has 2 fully saturated rings. The summed E-state index contributed by atoms with van der Waals surface area (Å²) in [7, 11) is 1.59. The van der Waals surface area contributed by atoms with Crippen LogP contribution in [0.25, 0.3) is 0 Å². The molecule has 4 atom stereocenters. The maximum absolute atomic E-state index is 14.2. The molecule has 46 heavy (non-hydrogen) atoms. The molecule has 0 unspecified atom stereocenters. The van der Waals surface area contributed by atoms with Crippen LogP contribution < -0.4 is 5.32 Å². The lowest BCUT2D eigenvalue weighted by molar-refractivity contribution is -0.146. The molecule has 0 radical (unpaired) electrons. The fourth-order valence-corrected chi connectivity index (χ4v) is 7.32. The third kappa shape index (κ3) is 11.0. The summed E-state index contributed by atoms with van der Waals surface area (Å²) in [5.74, 6) is 1.74. The number of thioether (sulfide) groups is 1. The van der Waals surface area contributed by atoms with Gasteiger partial charge in [-0.1, -0.05) is 76.3 Å². The number of carbonyl (C=O) groups excluding carboxylic acids is 3. The monoisotopic (exact) mass is 655 g/mol. The van der Waals surface area contributed by atoms with E-state index in [1.807, 2.05) is 30.3 Å². The van der Waals surface area contributed by atoms with E-state index in [0.29, 0.717) is 43.5 Å². The lowest BCUT2D eigenvalue weighted by Crippen LogP contribution is -2.56. The molecule has 1 aliphatic heterocycles. The van der Waals surface area contributed by atoms with Gasteiger partial charge in [0.25, 0.3) is 5.91 Å². The normalized spacial score (nSPS) is 18.4. The van der Waals surface area contributed by atoms with Crippen molar-refractivity contribution in [3.05, 3.63) is 54.1 Å². The van der Waals surface area contributed by atoms with Gasteiger partial charge in [-0.05, 0) is 36.7 Å². The second-order valence-electron chi connectivity index (χ2n) is 13.3. The number of hydrogen-bond donors (Lipinski definition) is 3. The number of amides is 3. The largest absolute Gasteiger partial charge is 0.436 e. The molecule has 3 amide bonds. The Balaban J connectivity index is 1.55. The lowest BCUT2D eigenvalue weighted by atomic mass is 9.83. The van der Waals surface area contributed by atoms with Crippen molar-refractivity contribution in [1.82, 2.24) is 25.1 Å². The molecule has 254 valence electrons. The summed E-state index contributed by atoms with van der Waals surface area (Å²) in [6.07, 6.45) is 9.20. The van der Waals surface area contributed by atoms with Gasteiger partial charge >= 0.3 is 6.09 Å². The lowest BCUT2D eigenvalue weighted by Gasteiger charge is -2.35. The van der Waals surface area contributed by atoms with Crippen molar-refractivity contribution in [3.63, 3.8) is 0 Å². The highest BCUT2D eigenvalue weighted by molar-refractivity contribution is 7.99. The fraction of sp³-hybridized carbons (Fsp3) is 0.657. The van der Waals surface area contributed by atoms with Crippen LogP contribution >= 0.6 is 11.8 Å². The summed E-state index contributed by atoms with van der Waals surface area (Å²) < 4.78 is 5.91. The molecule has 4 rings (SSSR count). The third-order valence-electron chi connectivity index (χ3n) is 9.28. The van der Waals surface area contributed by atoms with E-state index in [2.05, 4.69) is 29.1 Å². The number of H-pyrrole nitrogens is 1. The molecule has 2 heterocycles. The number of aromatic amines is 1. The predicted molar refractivity (Wildman–Crippen MR) is 181 cm³/mol. The van der Waals surface area contributed by atoms with Crippen molar-refractivity contribution < 1.29 is 24.2 Å². The second kappa shape index (κ2) is 18.3. The summed E-state index contributed by atoms with van der Waals surface area (Å²) in [6, 6.07) is 8.13. The number of likely N-dealkylation sites (N-methyl/N-ethyl adjacent to an activating group) is 1. The number of aliphatic hydroxyl groups is 1. The molecule has 2 aliphatic rings. The Morgan fingerprint density at radius 2 is 1.80 bits per heavy atom. The quantitative estimate of drug-likeness (QED) is 0.251. The molecule has 1 aromatic heterocycles. The number of aromatic nitrogens is 2. The van der Waals surface area contributed by atoms with Gasteiger partial charge in [0.05, 0.1) is 18.5 Å². The van der Waals surface area contributed by atoms with Crippen LogP contribution in [-0.2, 0) is 27.2 Å². The molecule has 3 N–H and O–H groups in total. The van der Waals surface area contributed by atoms with Gasteiger partial charge in [0.1, 0.15) is 6.04 Å². The zero-order valence-electron chi connectivity index (χ0n) is 27.7. The van der Waals surface area contributed by atoms with Gasteiger partial charge in [-0.3, -0.25) is 9.59 Å². The molecule has 11 heteroatoms. The number of ether oxygens (including phenoxy) is 1. The third-order valence-corrected chi connectivity index (χ3v) is 10.2. The van der Waals surface area contributed by atoms with Crippen molar-refractivity contribution >= 4 is 29.7 Å². The number of imidazole rings is 1. The van der Waals surface area contributed by atoms with E-state index < -0.39 is 36.3 Å². The molecular formula is C35H53N5O5S. The average Bonchev–Trinajstić information content (AvgIpc) is 3.59. The predicted octanol–water partition coefficient (Wildman–Crippen LogP) is 4.83. The van der Waals surface area contributed by atoms with Gasteiger partial charge in [-0.2, -0.15) is 11.8 Å². The first-order chi connectivity index (χ1) is 22.2. The van der Waals surface area contributed by atoms with Crippen molar-refractivity contribution in [2.24, 2.45) is 11.8 Å². The average molecular weight is 656 g/mol. The molecule has 1 saturated carbocycles. The van der Waals surface area contributed by atoms with Gasteiger partial charge in [-0.15, -0.1) is 0 Å². The summed E-state index contributed by atoms with van der Waals surface area (Å²) in [5.41, 5.74) is 1.55. The Labute approximate surface area is 278 Å². The van der Waals surface area contributed by atoms with Crippen molar-refractivity contribution in [3.8, 4) is 0 Å². The second-order valence-corrected chi connectivity index (χ2v) is 14.5. The zero-order valence-corrected chi connectivity index (χ0v) is 28.6. The number of rotatable bonds is 15. The molecule has 2 aromatic rings. The summed E-state index contributed by atoms with van der Waals surface area (Å²) in [4.78, 5) is 51.9. The van der Waals surface area contributed by atoms with Crippen LogP contribution in [0, 0.1) is 11.8 Å². The summed E-state index contributed by atoms with van der Waals surface area (Å²) >= 11 is 1.78. The van der Waals surface area contributed by atoms with E-state index >= 15 is 0 Å². The minimum atomic E-state index is -1.11. The first-order valence-corrected chi connectivity index (χ1v) is 18.2. The number of nitrogens with zero attached hydrogens (tertiary/aromatic N) is 3. The highest BCUT2D eigenvalue weighted by Gasteiger charge is 2.37. The van der Waals surface area contributed by atoms with E-state index in [1.54, 1.807) is 36.2 Å². The molecule has 1 saturated heterocycles. The van der Waals surface area contributed by atoms with Crippen LogP contribution in [0.5, 0.6) is 0 Å². The molecular weight excluding hydrogens is 602 g/mol. The topological polar surface area (TPSA) is 128 Å². The molecule has 10 nitrogen and oxygen atoms in total. The Kier molecular flexibility index (Phi) is 14.3. The summed E-state index contributed by atoms with van der Waals surface area (Å²) in [5, 5.41) is 14.5.